The molecule has 1 saturated carbocycles. The third-order valence-electron chi connectivity index (χ3n) is 3.85. The molecule has 1 aliphatic carbocycles. The predicted octanol–water partition coefficient (Wildman–Crippen LogP) is 2.04. The van der Waals surface area contributed by atoms with E-state index in [9.17, 15) is 13.2 Å². The van der Waals surface area contributed by atoms with Crippen LogP contribution in [0.3, 0.4) is 0 Å². The smallest absolute Gasteiger partial charge is 0.321 e. The lowest BCUT2D eigenvalue weighted by molar-refractivity contribution is -0.151. The Kier molecular flexibility index (Phi) is 6.23. The summed E-state index contributed by atoms with van der Waals surface area (Å²) in [7, 11) is -3.55. The highest BCUT2D eigenvalue weighted by Gasteiger charge is 2.38. The highest BCUT2D eigenvalue weighted by atomic mass is 32.2. The molecule has 0 radical (unpaired) electrons. The van der Waals surface area contributed by atoms with Gasteiger partial charge in [0.05, 0.1) is 5.25 Å². The lowest BCUT2D eigenvalue weighted by atomic mass is 9.83. The van der Waals surface area contributed by atoms with Gasteiger partial charge in [-0.05, 0) is 46.0 Å². The number of carbonyl (C=O) groups excluding carboxylic acids is 1. The van der Waals surface area contributed by atoms with Crippen molar-refractivity contribution in [3.05, 3.63) is 0 Å². The number of sulfone groups is 1. The fourth-order valence-electron chi connectivity index (χ4n) is 2.96. The van der Waals surface area contributed by atoms with Gasteiger partial charge in [-0.2, -0.15) is 0 Å². The minimum Gasteiger partial charge on any atom is -0.459 e. The van der Waals surface area contributed by atoms with E-state index in [1.54, 1.807) is 20.8 Å². The molecule has 0 amide bonds. The lowest BCUT2D eigenvalue weighted by Gasteiger charge is -2.33. The SMILES string of the molecule is CCCC1CCC(N)C(S(=O)(=O)CC(=O)OC(C)(C)C)C1. The van der Waals surface area contributed by atoms with Crippen LogP contribution in [0.2, 0.25) is 0 Å². The van der Waals surface area contributed by atoms with Crippen molar-refractivity contribution in [3.8, 4) is 0 Å². The van der Waals surface area contributed by atoms with E-state index < -0.39 is 32.4 Å². The van der Waals surface area contributed by atoms with Gasteiger partial charge in [0.1, 0.15) is 11.4 Å². The molecule has 5 nitrogen and oxygen atoms in total. The Morgan fingerprint density at radius 1 is 1.29 bits per heavy atom. The Morgan fingerprint density at radius 2 is 1.90 bits per heavy atom. The van der Waals surface area contributed by atoms with Crippen LogP contribution < -0.4 is 5.73 Å². The van der Waals surface area contributed by atoms with Gasteiger partial charge in [0.25, 0.3) is 0 Å². The maximum Gasteiger partial charge on any atom is 0.321 e. The topological polar surface area (TPSA) is 86.5 Å². The molecule has 3 atom stereocenters. The summed E-state index contributed by atoms with van der Waals surface area (Å²) in [6.45, 7) is 7.27. The van der Waals surface area contributed by atoms with Crippen molar-refractivity contribution in [1.29, 1.82) is 0 Å². The van der Waals surface area contributed by atoms with E-state index in [2.05, 4.69) is 6.92 Å². The van der Waals surface area contributed by atoms with Crippen LogP contribution in [-0.2, 0) is 19.4 Å². The highest BCUT2D eigenvalue weighted by Crippen LogP contribution is 2.31. The molecule has 0 aromatic heterocycles. The Morgan fingerprint density at radius 3 is 2.43 bits per heavy atom. The second-order valence-corrected chi connectivity index (χ2v) is 9.28. The molecular formula is C15H29NO4S. The number of rotatable bonds is 5. The van der Waals surface area contributed by atoms with Gasteiger partial charge in [0.15, 0.2) is 9.84 Å². The van der Waals surface area contributed by atoms with Gasteiger partial charge in [-0.15, -0.1) is 0 Å². The summed E-state index contributed by atoms with van der Waals surface area (Å²) >= 11 is 0. The van der Waals surface area contributed by atoms with E-state index in [1.165, 1.54) is 0 Å². The molecule has 0 bridgehead atoms. The number of carbonyl (C=O) groups is 1. The first-order valence-electron chi connectivity index (χ1n) is 7.74. The van der Waals surface area contributed by atoms with Crippen LogP contribution in [0, 0.1) is 5.92 Å². The van der Waals surface area contributed by atoms with Gasteiger partial charge >= 0.3 is 5.97 Å². The molecule has 2 N–H and O–H groups in total. The Labute approximate surface area is 128 Å². The Bertz CT molecular complexity index is 453. The van der Waals surface area contributed by atoms with Crippen molar-refractivity contribution in [3.63, 3.8) is 0 Å². The molecule has 21 heavy (non-hydrogen) atoms. The van der Waals surface area contributed by atoms with Crippen LogP contribution in [0.15, 0.2) is 0 Å². The van der Waals surface area contributed by atoms with Crippen LogP contribution in [0.4, 0.5) is 0 Å². The fraction of sp³-hybridized carbons (Fsp3) is 0.933. The Hall–Kier alpha value is -0.620. The summed E-state index contributed by atoms with van der Waals surface area (Å²) in [6.07, 6.45) is 4.32. The first-order chi connectivity index (χ1) is 9.55. The second kappa shape index (κ2) is 7.09. The van der Waals surface area contributed by atoms with Crippen molar-refractivity contribution < 1.29 is 17.9 Å². The van der Waals surface area contributed by atoms with Gasteiger partial charge in [-0.3, -0.25) is 4.79 Å². The van der Waals surface area contributed by atoms with Crippen LogP contribution >= 0.6 is 0 Å². The van der Waals surface area contributed by atoms with Gasteiger partial charge in [-0.25, -0.2) is 8.42 Å². The van der Waals surface area contributed by atoms with Gasteiger partial charge in [0, 0.05) is 6.04 Å². The minimum absolute atomic E-state index is 0.370. The molecular weight excluding hydrogens is 290 g/mol. The van der Waals surface area contributed by atoms with E-state index in [0.717, 1.165) is 19.3 Å². The summed E-state index contributed by atoms with van der Waals surface area (Å²) < 4.78 is 30.0. The monoisotopic (exact) mass is 319 g/mol. The normalized spacial score (nSPS) is 27.4. The third kappa shape index (κ3) is 5.94. The van der Waals surface area contributed by atoms with E-state index >= 15 is 0 Å². The molecule has 0 aromatic rings. The first-order valence-corrected chi connectivity index (χ1v) is 9.45. The standard InChI is InChI=1S/C15H29NO4S/c1-5-6-11-7-8-12(16)13(9-11)21(18,19)10-14(17)20-15(2,3)4/h11-13H,5-10,16H2,1-4H3. The average Bonchev–Trinajstić information content (AvgIpc) is 2.28. The minimum atomic E-state index is -3.55. The van der Waals surface area contributed by atoms with Crippen LogP contribution in [0.25, 0.3) is 0 Å². The first kappa shape index (κ1) is 18.4. The zero-order chi connectivity index (χ0) is 16.3. The molecule has 0 spiro atoms. The van der Waals surface area contributed by atoms with Crippen molar-refractivity contribution in [2.45, 2.75) is 76.7 Å². The second-order valence-electron chi connectivity index (χ2n) is 7.06. The zero-order valence-corrected chi connectivity index (χ0v) is 14.4. The summed E-state index contributed by atoms with van der Waals surface area (Å²) in [5.41, 5.74) is 5.32. The molecule has 0 aliphatic heterocycles. The maximum absolute atomic E-state index is 12.5. The molecule has 1 fully saturated rings. The van der Waals surface area contributed by atoms with Gasteiger partial charge in [0.2, 0.25) is 0 Å². The number of ether oxygens (including phenoxy) is 1. The number of esters is 1. The van der Waals surface area contributed by atoms with Crippen molar-refractivity contribution >= 4 is 15.8 Å². The summed E-state index contributed by atoms with van der Waals surface area (Å²) in [4.78, 5) is 11.8. The van der Waals surface area contributed by atoms with Crippen LogP contribution in [0.5, 0.6) is 0 Å². The van der Waals surface area contributed by atoms with Crippen molar-refractivity contribution in [1.82, 2.24) is 0 Å². The summed E-state index contributed by atoms with van der Waals surface area (Å²) in [5.74, 6) is -0.859. The van der Waals surface area contributed by atoms with Crippen molar-refractivity contribution in [2.24, 2.45) is 11.7 Å². The molecule has 0 saturated heterocycles. The van der Waals surface area contributed by atoms with Crippen LogP contribution in [0.1, 0.15) is 59.8 Å². The molecule has 3 unspecified atom stereocenters. The van der Waals surface area contributed by atoms with E-state index in [4.69, 9.17) is 10.5 Å². The molecule has 1 aliphatic rings. The number of hydrogen-bond donors (Lipinski definition) is 1. The van der Waals surface area contributed by atoms with E-state index in [-0.39, 0.29) is 6.04 Å². The predicted molar refractivity (Wildman–Crippen MR) is 83.6 cm³/mol. The quantitative estimate of drug-likeness (QED) is 0.784. The number of hydrogen-bond acceptors (Lipinski definition) is 5. The fourth-order valence-corrected chi connectivity index (χ4v) is 4.80. The third-order valence-corrected chi connectivity index (χ3v) is 5.95. The van der Waals surface area contributed by atoms with Gasteiger partial charge < -0.3 is 10.5 Å². The number of nitrogens with two attached hydrogens (primary N) is 1. The average molecular weight is 319 g/mol. The Balaban J connectivity index is 2.73. The zero-order valence-electron chi connectivity index (χ0n) is 13.6. The molecule has 124 valence electrons. The molecule has 1 rings (SSSR count). The molecule has 6 heteroatoms. The largest absolute Gasteiger partial charge is 0.459 e. The van der Waals surface area contributed by atoms with E-state index in [1.807, 2.05) is 0 Å². The van der Waals surface area contributed by atoms with E-state index in [0.29, 0.717) is 18.8 Å². The van der Waals surface area contributed by atoms with Crippen molar-refractivity contribution in [2.75, 3.05) is 5.75 Å². The van der Waals surface area contributed by atoms with Crippen LogP contribution in [-0.4, -0.2) is 37.0 Å². The summed E-state index contributed by atoms with van der Waals surface area (Å²) in [6, 6.07) is -0.370. The molecule has 0 aromatic carbocycles. The lowest BCUT2D eigenvalue weighted by Crippen LogP contribution is -2.47. The maximum atomic E-state index is 12.5. The summed E-state index contributed by atoms with van der Waals surface area (Å²) in [5, 5.41) is -0.615. The molecule has 0 heterocycles. The highest BCUT2D eigenvalue weighted by molar-refractivity contribution is 7.92. The van der Waals surface area contributed by atoms with Gasteiger partial charge in [-0.1, -0.05) is 19.8 Å².